The Morgan fingerprint density at radius 2 is 1.90 bits per heavy atom. The first-order valence-corrected chi connectivity index (χ1v) is 11.0. The van der Waals surface area contributed by atoms with Crippen molar-refractivity contribution in [1.29, 1.82) is 0 Å². The van der Waals surface area contributed by atoms with Gasteiger partial charge < -0.3 is 14.6 Å². The van der Waals surface area contributed by atoms with E-state index < -0.39 is 5.97 Å². The lowest BCUT2D eigenvalue weighted by atomic mass is 9.81. The van der Waals surface area contributed by atoms with Gasteiger partial charge in [0.15, 0.2) is 0 Å². The second-order valence-corrected chi connectivity index (χ2v) is 9.30. The van der Waals surface area contributed by atoms with E-state index in [-0.39, 0.29) is 36.1 Å². The summed E-state index contributed by atoms with van der Waals surface area (Å²) in [6, 6.07) is 14.0. The molecule has 0 spiro atoms. The summed E-state index contributed by atoms with van der Waals surface area (Å²) in [6.45, 7) is 1.73. The number of carbonyl (C=O) groups excluding carboxylic acids is 1. The maximum atomic E-state index is 12.7. The van der Waals surface area contributed by atoms with Crippen LogP contribution in [0.1, 0.15) is 30.9 Å². The van der Waals surface area contributed by atoms with Gasteiger partial charge in [-0.15, -0.1) is 11.3 Å². The number of aliphatic carboxylic acids is 1. The fourth-order valence-electron chi connectivity index (χ4n) is 4.91. The number of pyridine rings is 1. The van der Waals surface area contributed by atoms with Crippen molar-refractivity contribution in [1.82, 2.24) is 9.47 Å². The largest absolute Gasteiger partial charge is 0.481 e. The Labute approximate surface area is 177 Å². The lowest BCUT2D eigenvalue weighted by Crippen LogP contribution is -2.49. The predicted octanol–water partition coefficient (Wildman–Crippen LogP) is 3.54. The zero-order valence-corrected chi connectivity index (χ0v) is 17.2. The number of amides is 1. The molecule has 0 saturated carbocycles. The van der Waals surface area contributed by atoms with Crippen LogP contribution in [0.15, 0.2) is 47.3 Å². The standard InChI is InChI=1S/C23H22N2O4S/c26-20(7-8-22(28)29)24-11-14-9-16(13-24)23-17(5-6-21(27)25(23)12-14)19-10-15-3-1-2-4-18(15)30-19/h1-6,10,14,16H,7-9,11-13H2,(H,28,29)/t14-,16+/m0/s1. The molecule has 0 aliphatic carbocycles. The van der Waals surface area contributed by atoms with Gasteiger partial charge in [-0.25, -0.2) is 0 Å². The van der Waals surface area contributed by atoms with Gasteiger partial charge >= 0.3 is 5.97 Å². The smallest absolute Gasteiger partial charge is 0.303 e. The number of fused-ring (bicyclic) bond motifs is 5. The first-order chi connectivity index (χ1) is 14.5. The number of aromatic nitrogens is 1. The van der Waals surface area contributed by atoms with E-state index in [4.69, 9.17) is 5.11 Å². The topological polar surface area (TPSA) is 79.6 Å². The van der Waals surface area contributed by atoms with Crippen LogP contribution in [0.4, 0.5) is 0 Å². The van der Waals surface area contributed by atoms with Gasteiger partial charge in [-0.05, 0) is 35.9 Å². The third-order valence-electron chi connectivity index (χ3n) is 6.19. The minimum absolute atomic E-state index is 0.00946. The van der Waals surface area contributed by atoms with Crippen LogP contribution >= 0.6 is 11.3 Å². The molecule has 1 N–H and O–H groups in total. The molecule has 1 fully saturated rings. The van der Waals surface area contributed by atoms with Gasteiger partial charge in [-0.1, -0.05) is 18.2 Å². The molecule has 2 aliphatic heterocycles. The highest BCUT2D eigenvalue weighted by Gasteiger charge is 2.37. The number of thiophene rings is 1. The van der Waals surface area contributed by atoms with Gasteiger partial charge in [0.2, 0.25) is 5.91 Å². The number of hydrogen-bond acceptors (Lipinski definition) is 4. The molecule has 1 saturated heterocycles. The van der Waals surface area contributed by atoms with E-state index in [0.29, 0.717) is 19.6 Å². The van der Waals surface area contributed by atoms with Gasteiger partial charge in [0.1, 0.15) is 0 Å². The molecule has 3 aromatic rings. The highest BCUT2D eigenvalue weighted by molar-refractivity contribution is 7.22. The van der Waals surface area contributed by atoms with E-state index in [1.807, 2.05) is 22.8 Å². The molecule has 30 heavy (non-hydrogen) atoms. The lowest BCUT2D eigenvalue weighted by molar-refractivity contribution is -0.141. The molecule has 0 unspecified atom stereocenters. The van der Waals surface area contributed by atoms with Crippen LogP contribution in [-0.2, 0) is 16.1 Å². The Kier molecular flexibility index (Phi) is 4.70. The summed E-state index contributed by atoms with van der Waals surface area (Å²) in [5, 5.41) is 10.1. The Morgan fingerprint density at radius 3 is 2.70 bits per heavy atom. The SMILES string of the molecule is O=C(O)CCC(=O)N1C[C@@H]2C[C@H](C1)c1c(-c3cc4ccccc4s3)ccc(=O)n1C2. The number of rotatable bonds is 4. The van der Waals surface area contributed by atoms with Crippen LogP contribution in [0.3, 0.4) is 0 Å². The normalized spacial score (nSPS) is 20.2. The summed E-state index contributed by atoms with van der Waals surface area (Å²) in [7, 11) is 0. The van der Waals surface area contributed by atoms with Gasteiger partial charge in [0, 0.05) is 58.9 Å². The number of carboxylic acid groups (broad SMARTS) is 1. The highest BCUT2D eigenvalue weighted by atomic mass is 32.1. The van der Waals surface area contributed by atoms with Crippen LogP contribution in [-0.4, -0.2) is 39.5 Å². The lowest BCUT2D eigenvalue weighted by Gasteiger charge is -2.43. The average Bonchev–Trinajstić information content (AvgIpc) is 3.16. The third kappa shape index (κ3) is 3.33. The Balaban J connectivity index is 1.53. The molecule has 2 aromatic heterocycles. The van der Waals surface area contributed by atoms with Crippen LogP contribution < -0.4 is 5.56 Å². The summed E-state index contributed by atoms with van der Waals surface area (Å²) in [5.41, 5.74) is 2.09. The first-order valence-electron chi connectivity index (χ1n) is 10.2. The molecule has 6 nitrogen and oxygen atoms in total. The fraction of sp³-hybridized carbons (Fsp3) is 0.348. The van der Waals surface area contributed by atoms with Crippen molar-refractivity contribution in [3.8, 4) is 10.4 Å². The van der Waals surface area contributed by atoms with Crippen molar-refractivity contribution in [3.05, 3.63) is 58.5 Å². The molecule has 2 bridgehead atoms. The minimum Gasteiger partial charge on any atom is -0.481 e. The summed E-state index contributed by atoms with van der Waals surface area (Å²) in [5.74, 6) is -0.757. The zero-order chi connectivity index (χ0) is 20.8. The number of piperidine rings is 1. The van der Waals surface area contributed by atoms with Crippen molar-refractivity contribution in [2.24, 2.45) is 5.92 Å². The number of hydrogen-bond donors (Lipinski definition) is 1. The van der Waals surface area contributed by atoms with E-state index in [9.17, 15) is 14.4 Å². The number of nitrogens with zero attached hydrogens (tertiary/aromatic N) is 2. The van der Waals surface area contributed by atoms with Crippen molar-refractivity contribution in [2.45, 2.75) is 31.7 Å². The van der Waals surface area contributed by atoms with Crippen LogP contribution in [0, 0.1) is 5.92 Å². The number of carboxylic acids is 1. The van der Waals surface area contributed by atoms with E-state index in [1.165, 1.54) is 10.1 Å². The van der Waals surface area contributed by atoms with Crippen LogP contribution in [0.5, 0.6) is 0 Å². The molecule has 154 valence electrons. The Hall–Kier alpha value is -2.93. The minimum atomic E-state index is -0.954. The second kappa shape index (κ2) is 7.40. The van der Waals surface area contributed by atoms with Crippen molar-refractivity contribution in [3.63, 3.8) is 0 Å². The molecule has 4 heterocycles. The molecule has 0 radical (unpaired) electrons. The van der Waals surface area contributed by atoms with E-state index in [2.05, 4.69) is 18.2 Å². The summed E-state index contributed by atoms with van der Waals surface area (Å²) in [4.78, 5) is 39.0. The quantitative estimate of drug-likeness (QED) is 0.697. The van der Waals surface area contributed by atoms with Gasteiger partial charge in [-0.3, -0.25) is 14.4 Å². The Morgan fingerprint density at radius 1 is 1.07 bits per heavy atom. The third-order valence-corrected chi connectivity index (χ3v) is 7.34. The average molecular weight is 423 g/mol. The molecule has 1 aromatic carbocycles. The predicted molar refractivity (Wildman–Crippen MR) is 116 cm³/mol. The number of carbonyl (C=O) groups is 2. The van der Waals surface area contributed by atoms with Gasteiger partial charge in [-0.2, -0.15) is 0 Å². The Bertz CT molecular complexity index is 1180. The number of likely N-dealkylation sites (tertiary alicyclic amines) is 1. The van der Waals surface area contributed by atoms with E-state index in [1.54, 1.807) is 22.3 Å². The molecule has 2 aliphatic rings. The van der Waals surface area contributed by atoms with Crippen LogP contribution in [0.25, 0.3) is 20.5 Å². The maximum Gasteiger partial charge on any atom is 0.303 e. The summed E-state index contributed by atoms with van der Waals surface area (Å²) < 4.78 is 3.11. The summed E-state index contributed by atoms with van der Waals surface area (Å²) >= 11 is 1.72. The van der Waals surface area contributed by atoms with Crippen molar-refractivity contribution in [2.75, 3.05) is 13.1 Å². The zero-order valence-electron chi connectivity index (χ0n) is 16.4. The van der Waals surface area contributed by atoms with Crippen molar-refractivity contribution >= 4 is 33.3 Å². The molecule has 5 rings (SSSR count). The number of benzene rings is 1. The molecular formula is C23H22N2O4S. The van der Waals surface area contributed by atoms with E-state index >= 15 is 0 Å². The van der Waals surface area contributed by atoms with Crippen LogP contribution in [0.2, 0.25) is 0 Å². The molecule has 2 atom stereocenters. The first kappa shape index (κ1) is 19.1. The fourth-order valence-corrected chi connectivity index (χ4v) is 6.01. The maximum absolute atomic E-state index is 12.7. The van der Waals surface area contributed by atoms with Crippen molar-refractivity contribution < 1.29 is 14.7 Å². The molecular weight excluding hydrogens is 400 g/mol. The highest BCUT2D eigenvalue weighted by Crippen LogP contribution is 2.42. The summed E-state index contributed by atoms with van der Waals surface area (Å²) in [6.07, 6.45) is 0.831. The monoisotopic (exact) mass is 422 g/mol. The van der Waals surface area contributed by atoms with Gasteiger partial charge in [0.05, 0.1) is 6.42 Å². The molecule has 1 amide bonds. The van der Waals surface area contributed by atoms with E-state index in [0.717, 1.165) is 22.6 Å². The van der Waals surface area contributed by atoms with Gasteiger partial charge in [0.25, 0.3) is 5.56 Å². The second-order valence-electron chi connectivity index (χ2n) is 8.22. The molecule has 7 heteroatoms.